The molecule has 110 valence electrons. The van der Waals surface area contributed by atoms with Gasteiger partial charge in [0.1, 0.15) is 6.54 Å². The molecule has 0 aromatic heterocycles. The van der Waals surface area contributed by atoms with E-state index in [1.807, 2.05) is 20.8 Å². The minimum atomic E-state index is -0.429. The van der Waals surface area contributed by atoms with Gasteiger partial charge in [0, 0.05) is 12.5 Å². The molecule has 1 aromatic carbocycles. The number of amides is 2. The van der Waals surface area contributed by atoms with Gasteiger partial charge in [-0.2, -0.15) is 0 Å². The molecule has 0 saturated carbocycles. The van der Waals surface area contributed by atoms with Gasteiger partial charge in [0.15, 0.2) is 0 Å². The summed E-state index contributed by atoms with van der Waals surface area (Å²) >= 11 is 11.9. The van der Waals surface area contributed by atoms with Crippen molar-refractivity contribution in [2.24, 2.45) is 0 Å². The van der Waals surface area contributed by atoms with E-state index in [1.54, 1.807) is 18.2 Å². The van der Waals surface area contributed by atoms with Crippen LogP contribution in [0.2, 0.25) is 10.0 Å². The lowest BCUT2D eigenvalue weighted by molar-refractivity contribution is -0.137. The first-order chi connectivity index (χ1) is 9.12. The first-order valence-electron chi connectivity index (χ1n) is 6.15. The SMILES string of the molecule is CC(=O)N(CC(=O)Nc1cccc(Cl)c1Cl)C(C)(C)C. The van der Waals surface area contributed by atoms with Gasteiger partial charge in [0.25, 0.3) is 0 Å². The Kier molecular flexibility index (Phi) is 5.42. The fraction of sp³-hybridized carbons (Fsp3) is 0.429. The largest absolute Gasteiger partial charge is 0.329 e. The van der Waals surface area contributed by atoms with Crippen LogP contribution in [-0.4, -0.2) is 28.8 Å². The monoisotopic (exact) mass is 316 g/mol. The Balaban J connectivity index is 2.82. The van der Waals surface area contributed by atoms with E-state index in [2.05, 4.69) is 5.32 Å². The normalized spacial score (nSPS) is 11.1. The molecule has 4 nitrogen and oxygen atoms in total. The van der Waals surface area contributed by atoms with Gasteiger partial charge in [-0.3, -0.25) is 9.59 Å². The van der Waals surface area contributed by atoms with Gasteiger partial charge >= 0.3 is 0 Å². The molecule has 0 aliphatic carbocycles. The molecule has 0 spiro atoms. The number of anilines is 1. The zero-order chi connectivity index (χ0) is 15.5. The van der Waals surface area contributed by atoms with Gasteiger partial charge in [-0.25, -0.2) is 0 Å². The molecule has 1 N–H and O–H groups in total. The highest BCUT2D eigenvalue weighted by Crippen LogP contribution is 2.29. The summed E-state index contributed by atoms with van der Waals surface area (Å²) in [7, 11) is 0. The number of halogens is 2. The summed E-state index contributed by atoms with van der Waals surface area (Å²) in [4.78, 5) is 25.1. The molecule has 0 bridgehead atoms. The number of hydrogen-bond acceptors (Lipinski definition) is 2. The fourth-order valence-corrected chi connectivity index (χ4v) is 2.10. The molecule has 20 heavy (non-hydrogen) atoms. The summed E-state index contributed by atoms with van der Waals surface area (Å²) in [5.41, 5.74) is 0.00275. The summed E-state index contributed by atoms with van der Waals surface area (Å²) in [5.74, 6) is -0.482. The summed E-state index contributed by atoms with van der Waals surface area (Å²) in [6.07, 6.45) is 0. The Morgan fingerprint density at radius 2 is 1.85 bits per heavy atom. The number of hydrogen-bond donors (Lipinski definition) is 1. The number of carbonyl (C=O) groups excluding carboxylic acids is 2. The van der Waals surface area contributed by atoms with Crippen molar-refractivity contribution in [1.29, 1.82) is 0 Å². The lowest BCUT2D eigenvalue weighted by atomic mass is 10.1. The van der Waals surface area contributed by atoms with Gasteiger partial charge in [-0.05, 0) is 32.9 Å². The molecule has 1 aromatic rings. The number of rotatable bonds is 3. The van der Waals surface area contributed by atoms with Crippen molar-refractivity contribution in [3.05, 3.63) is 28.2 Å². The Morgan fingerprint density at radius 3 is 2.35 bits per heavy atom. The first kappa shape index (κ1) is 16.8. The van der Waals surface area contributed by atoms with E-state index in [1.165, 1.54) is 11.8 Å². The summed E-state index contributed by atoms with van der Waals surface area (Å²) < 4.78 is 0. The molecule has 6 heteroatoms. The van der Waals surface area contributed by atoms with Crippen molar-refractivity contribution >= 4 is 40.7 Å². The first-order valence-corrected chi connectivity index (χ1v) is 6.90. The Labute approximate surface area is 129 Å². The van der Waals surface area contributed by atoms with Gasteiger partial charge in [-0.1, -0.05) is 29.3 Å². The van der Waals surface area contributed by atoms with Crippen LogP contribution in [0.1, 0.15) is 27.7 Å². The minimum absolute atomic E-state index is 0.0400. The fourth-order valence-electron chi connectivity index (χ4n) is 1.75. The van der Waals surface area contributed by atoms with E-state index in [4.69, 9.17) is 23.2 Å². The Hall–Kier alpha value is -1.26. The molecule has 0 aliphatic rings. The van der Waals surface area contributed by atoms with Crippen molar-refractivity contribution in [2.45, 2.75) is 33.2 Å². The van der Waals surface area contributed by atoms with Crippen molar-refractivity contribution in [3.63, 3.8) is 0 Å². The van der Waals surface area contributed by atoms with Crippen LogP contribution >= 0.6 is 23.2 Å². The average molecular weight is 317 g/mol. The number of nitrogens with one attached hydrogen (secondary N) is 1. The van der Waals surface area contributed by atoms with Crippen LogP contribution in [0.3, 0.4) is 0 Å². The minimum Gasteiger partial charge on any atom is -0.329 e. The highest BCUT2D eigenvalue weighted by Gasteiger charge is 2.26. The number of carbonyl (C=O) groups is 2. The van der Waals surface area contributed by atoms with Crippen molar-refractivity contribution in [1.82, 2.24) is 4.90 Å². The Morgan fingerprint density at radius 1 is 1.25 bits per heavy atom. The maximum atomic E-state index is 12.0. The van der Waals surface area contributed by atoms with Gasteiger partial charge < -0.3 is 10.2 Å². The molecule has 0 radical (unpaired) electrons. The van der Waals surface area contributed by atoms with Gasteiger partial charge in [-0.15, -0.1) is 0 Å². The molecule has 0 saturated heterocycles. The molecule has 0 aliphatic heterocycles. The van der Waals surface area contributed by atoms with Crippen LogP contribution < -0.4 is 5.32 Å². The predicted octanol–water partition coefficient (Wildman–Crippen LogP) is 3.58. The molecule has 0 atom stereocenters. The number of nitrogens with zero attached hydrogens (tertiary/aromatic N) is 1. The van der Waals surface area contributed by atoms with E-state index in [0.29, 0.717) is 10.7 Å². The molecular formula is C14H18Cl2N2O2. The van der Waals surface area contributed by atoms with Crippen LogP contribution in [0.5, 0.6) is 0 Å². The summed E-state index contributed by atoms with van der Waals surface area (Å²) in [6.45, 7) is 7.00. The molecular weight excluding hydrogens is 299 g/mol. The quantitative estimate of drug-likeness (QED) is 0.926. The van der Waals surface area contributed by atoms with Crippen molar-refractivity contribution < 1.29 is 9.59 Å². The van der Waals surface area contributed by atoms with Crippen LogP contribution in [0, 0.1) is 0 Å². The van der Waals surface area contributed by atoms with Crippen LogP contribution in [0.25, 0.3) is 0 Å². The molecule has 0 unspecified atom stereocenters. The van der Waals surface area contributed by atoms with E-state index >= 15 is 0 Å². The van der Waals surface area contributed by atoms with E-state index in [0.717, 1.165) is 0 Å². The van der Waals surface area contributed by atoms with Gasteiger partial charge in [0.05, 0.1) is 15.7 Å². The second-order valence-electron chi connectivity index (χ2n) is 5.43. The lowest BCUT2D eigenvalue weighted by Gasteiger charge is -2.34. The third-order valence-electron chi connectivity index (χ3n) is 2.72. The second-order valence-corrected chi connectivity index (χ2v) is 6.21. The lowest BCUT2D eigenvalue weighted by Crippen LogP contribution is -2.48. The van der Waals surface area contributed by atoms with Crippen LogP contribution in [0.15, 0.2) is 18.2 Å². The second kappa shape index (κ2) is 6.46. The van der Waals surface area contributed by atoms with Crippen LogP contribution in [0.4, 0.5) is 5.69 Å². The highest BCUT2D eigenvalue weighted by molar-refractivity contribution is 6.44. The highest BCUT2D eigenvalue weighted by atomic mass is 35.5. The third-order valence-corrected chi connectivity index (χ3v) is 3.54. The predicted molar refractivity (Wildman–Crippen MR) is 82.2 cm³/mol. The summed E-state index contributed by atoms with van der Waals surface area (Å²) in [5, 5.41) is 3.31. The maximum absolute atomic E-state index is 12.0. The molecule has 1 rings (SSSR count). The third kappa shape index (κ3) is 4.39. The topological polar surface area (TPSA) is 49.4 Å². The van der Waals surface area contributed by atoms with E-state index in [-0.39, 0.29) is 23.4 Å². The van der Waals surface area contributed by atoms with Gasteiger partial charge in [0.2, 0.25) is 11.8 Å². The molecule has 2 amide bonds. The zero-order valence-electron chi connectivity index (χ0n) is 12.0. The van der Waals surface area contributed by atoms with E-state index in [9.17, 15) is 9.59 Å². The van der Waals surface area contributed by atoms with Crippen molar-refractivity contribution in [2.75, 3.05) is 11.9 Å². The standard InChI is InChI=1S/C14H18Cl2N2O2/c1-9(19)18(14(2,3)4)8-12(20)17-11-7-5-6-10(15)13(11)16/h5-7H,8H2,1-4H3,(H,17,20). The summed E-state index contributed by atoms with van der Waals surface area (Å²) in [6, 6.07) is 4.98. The van der Waals surface area contributed by atoms with E-state index < -0.39 is 5.54 Å². The Bertz CT molecular complexity index is 524. The number of benzene rings is 1. The maximum Gasteiger partial charge on any atom is 0.244 e. The van der Waals surface area contributed by atoms with Crippen LogP contribution in [-0.2, 0) is 9.59 Å². The molecule has 0 fully saturated rings. The smallest absolute Gasteiger partial charge is 0.244 e. The molecule has 0 heterocycles. The average Bonchev–Trinajstić information content (AvgIpc) is 2.30. The van der Waals surface area contributed by atoms with Crippen molar-refractivity contribution in [3.8, 4) is 0 Å². The zero-order valence-corrected chi connectivity index (χ0v) is 13.5.